The van der Waals surface area contributed by atoms with E-state index in [0.29, 0.717) is 6.04 Å². The Balaban J connectivity index is 1.52. The maximum absolute atomic E-state index is 5.87. The molecule has 1 saturated carbocycles. The summed E-state index contributed by atoms with van der Waals surface area (Å²) < 4.78 is 0. The van der Waals surface area contributed by atoms with Crippen molar-refractivity contribution in [1.82, 2.24) is 5.32 Å². The van der Waals surface area contributed by atoms with Gasteiger partial charge in [-0.15, -0.1) is 0 Å². The number of piperidine rings is 1. The van der Waals surface area contributed by atoms with Crippen molar-refractivity contribution in [2.24, 2.45) is 5.41 Å². The van der Waals surface area contributed by atoms with Gasteiger partial charge >= 0.3 is 0 Å². The third-order valence-corrected chi connectivity index (χ3v) is 4.37. The first-order chi connectivity index (χ1) is 8.26. The van der Waals surface area contributed by atoms with Crippen molar-refractivity contribution in [3.63, 3.8) is 0 Å². The zero-order valence-electron chi connectivity index (χ0n) is 10.0. The molecule has 0 aromatic heterocycles. The van der Waals surface area contributed by atoms with E-state index in [9.17, 15) is 0 Å². The van der Waals surface area contributed by atoms with Crippen LogP contribution in [0.5, 0.6) is 0 Å². The van der Waals surface area contributed by atoms with E-state index < -0.39 is 0 Å². The van der Waals surface area contributed by atoms with Crippen LogP contribution in [0.1, 0.15) is 25.7 Å². The molecule has 92 valence electrons. The Labute approximate surface area is 108 Å². The number of anilines is 1. The van der Waals surface area contributed by atoms with Crippen molar-refractivity contribution in [3.05, 3.63) is 29.3 Å². The van der Waals surface area contributed by atoms with E-state index >= 15 is 0 Å². The molecule has 1 aliphatic carbocycles. The van der Waals surface area contributed by atoms with Crippen molar-refractivity contribution in [2.45, 2.75) is 31.7 Å². The first kappa shape index (κ1) is 11.4. The Kier molecular flexibility index (Phi) is 3.01. The highest BCUT2D eigenvalue weighted by Gasteiger charge is 2.45. The summed E-state index contributed by atoms with van der Waals surface area (Å²) in [5.74, 6) is 0. The van der Waals surface area contributed by atoms with Crippen LogP contribution >= 0.6 is 11.6 Å². The van der Waals surface area contributed by atoms with E-state index in [1.807, 2.05) is 24.3 Å². The van der Waals surface area contributed by atoms with E-state index in [1.54, 1.807) is 0 Å². The van der Waals surface area contributed by atoms with E-state index in [2.05, 4.69) is 10.6 Å². The van der Waals surface area contributed by atoms with Gasteiger partial charge < -0.3 is 10.6 Å². The molecule has 1 spiro atoms. The average Bonchev–Trinajstić information content (AvgIpc) is 3.08. The molecule has 2 aliphatic rings. The van der Waals surface area contributed by atoms with Gasteiger partial charge in [0.15, 0.2) is 0 Å². The van der Waals surface area contributed by atoms with Gasteiger partial charge in [-0.2, -0.15) is 0 Å². The zero-order valence-corrected chi connectivity index (χ0v) is 10.8. The molecule has 3 rings (SSSR count). The van der Waals surface area contributed by atoms with Gasteiger partial charge in [-0.3, -0.25) is 0 Å². The maximum Gasteiger partial charge on any atom is 0.0407 e. The predicted molar refractivity (Wildman–Crippen MR) is 72.6 cm³/mol. The minimum atomic E-state index is 0.627. The summed E-state index contributed by atoms with van der Waals surface area (Å²) in [4.78, 5) is 0. The lowest BCUT2D eigenvalue weighted by Crippen LogP contribution is -2.43. The Morgan fingerprint density at radius 2 is 2.00 bits per heavy atom. The molecule has 3 heteroatoms. The van der Waals surface area contributed by atoms with Crippen molar-refractivity contribution in [1.29, 1.82) is 0 Å². The van der Waals surface area contributed by atoms with Gasteiger partial charge in [0.25, 0.3) is 0 Å². The maximum atomic E-state index is 5.87. The number of rotatable bonds is 3. The fourth-order valence-electron chi connectivity index (χ4n) is 2.82. The van der Waals surface area contributed by atoms with Crippen molar-refractivity contribution in [2.75, 3.05) is 18.4 Å². The molecule has 1 heterocycles. The third kappa shape index (κ3) is 2.75. The number of hydrogen-bond acceptors (Lipinski definition) is 2. The smallest absolute Gasteiger partial charge is 0.0407 e. The van der Waals surface area contributed by atoms with E-state index in [0.717, 1.165) is 22.7 Å². The zero-order chi connectivity index (χ0) is 11.7. The van der Waals surface area contributed by atoms with Gasteiger partial charge in [0, 0.05) is 23.3 Å². The Bertz CT molecular complexity index is 384. The summed E-state index contributed by atoms with van der Waals surface area (Å²) >= 11 is 5.87. The minimum Gasteiger partial charge on any atom is -0.383 e. The summed E-state index contributed by atoms with van der Waals surface area (Å²) in [6, 6.07) is 8.57. The first-order valence-electron chi connectivity index (χ1n) is 6.49. The highest BCUT2D eigenvalue weighted by molar-refractivity contribution is 6.30. The molecular weight excluding hydrogens is 232 g/mol. The van der Waals surface area contributed by atoms with Crippen LogP contribution in [0.2, 0.25) is 5.02 Å². The second-order valence-corrected chi connectivity index (χ2v) is 5.93. The van der Waals surface area contributed by atoms with Gasteiger partial charge in [-0.05, 0) is 61.9 Å². The molecule has 1 aromatic rings. The molecule has 2 nitrogen and oxygen atoms in total. The van der Waals surface area contributed by atoms with Gasteiger partial charge in [-0.1, -0.05) is 11.6 Å². The standard InChI is InChI=1S/C14H19ClN2/c15-11-1-3-12(4-2-11)17-10-13-9-14(5-6-14)7-8-16-13/h1-4,13,16-17H,5-10H2. The molecular formula is C14H19ClN2. The monoisotopic (exact) mass is 250 g/mol. The molecule has 1 unspecified atom stereocenters. The van der Waals surface area contributed by atoms with Crippen molar-refractivity contribution < 1.29 is 0 Å². The van der Waals surface area contributed by atoms with Crippen LogP contribution in [0.4, 0.5) is 5.69 Å². The molecule has 1 saturated heterocycles. The van der Waals surface area contributed by atoms with Crippen LogP contribution in [0.25, 0.3) is 0 Å². The van der Waals surface area contributed by atoms with Crippen LogP contribution in [-0.2, 0) is 0 Å². The van der Waals surface area contributed by atoms with Crippen molar-refractivity contribution in [3.8, 4) is 0 Å². The summed E-state index contributed by atoms with van der Waals surface area (Å²) in [5.41, 5.74) is 1.88. The summed E-state index contributed by atoms with van der Waals surface area (Å²) in [6.07, 6.45) is 5.62. The molecule has 17 heavy (non-hydrogen) atoms. The Morgan fingerprint density at radius 3 is 2.71 bits per heavy atom. The van der Waals surface area contributed by atoms with Crippen LogP contribution in [0.3, 0.4) is 0 Å². The summed E-state index contributed by atoms with van der Waals surface area (Å²) in [6.45, 7) is 2.20. The highest BCUT2D eigenvalue weighted by Crippen LogP contribution is 2.53. The second kappa shape index (κ2) is 4.51. The number of hydrogen-bond donors (Lipinski definition) is 2. The molecule has 1 aromatic carbocycles. The molecule has 2 fully saturated rings. The van der Waals surface area contributed by atoms with E-state index in [4.69, 9.17) is 11.6 Å². The van der Waals surface area contributed by atoms with Crippen LogP contribution in [0.15, 0.2) is 24.3 Å². The predicted octanol–water partition coefficient (Wildman–Crippen LogP) is 3.28. The molecule has 1 atom stereocenters. The molecule has 0 amide bonds. The Hall–Kier alpha value is -0.730. The lowest BCUT2D eigenvalue weighted by molar-refractivity contribution is 0.290. The minimum absolute atomic E-state index is 0.627. The first-order valence-corrected chi connectivity index (χ1v) is 6.86. The largest absolute Gasteiger partial charge is 0.383 e. The second-order valence-electron chi connectivity index (χ2n) is 5.49. The molecule has 0 bridgehead atoms. The lowest BCUT2D eigenvalue weighted by Gasteiger charge is -2.30. The number of halogens is 1. The van der Waals surface area contributed by atoms with Gasteiger partial charge in [0.2, 0.25) is 0 Å². The summed E-state index contributed by atoms with van der Waals surface area (Å²) in [5, 5.41) is 7.89. The summed E-state index contributed by atoms with van der Waals surface area (Å²) in [7, 11) is 0. The van der Waals surface area contributed by atoms with Crippen LogP contribution < -0.4 is 10.6 Å². The molecule has 0 radical (unpaired) electrons. The third-order valence-electron chi connectivity index (χ3n) is 4.12. The van der Waals surface area contributed by atoms with Crippen LogP contribution in [0, 0.1) is 5.41 Å². The Morgan fingerprint density at radius 1 is 1.24 bits per heavy atom. The fourth-order valence-corrected chi connectivity index (χ4v) is 2.95. The molecule has 2 N–H and O–H groups in total. The lowest BCUT2D eigenvalue weighted by atomic mass is 9.89. The number of benzene rings is 1. The van der Waals surface area contributed by atoms with E-state index in [-0.39, 0.29) is 0 Å². The quantitative estimate of drug-likeness (QED) is 0.860. The van der Waals surface area contributed by atoms with Crippen LogP contribution in [-0.4, -0.2) is 19.1 Å². The van der Waals surface area contributed by atoms with Gasteiger partial charge in [-0.25, -0.2) is 0 Å². The van der Waals surface area contributed by atoms with Crippen molar-refractivity contribution >= 4 is 17.3 Å². The SMILES string of the molecule is Clc1ccc(NCC2CC3(CCN2)CC3)cc1. The average molecular weight is 251 g/mol. The topological polar surface area (TPSA) is 24.1 Å². The number of nitrogens with one attached hydrogen (secondary N) is 2. The fraction of sp³-hybridized carbons (Fsp3) is 0.571. The van der Waals surface area contributed by atoms with E-state index in [1.165, 1.54) is 32.2 Å². The van der Waals surface area contributed by atoms with Gasteiger partial charge in [0.05, 0.1) is 0 Å². The highest BCUT2D eigenvalue weighted by atomic mass is 35.5. The van der Waals surface area contributed by atoms with Gasteiger partial charge in [0.1, 0.15) is 0 Å². The normalized spacial score (nSPS) is 25.8. The molecule has 1 aliphatic heterocycles.